The van der Waals surface area contributed by atoms with Gasteiger partial charge in [0.05, 0.1) is 17.7 Å². The lowest BCUT2D eigenvalue weighted by Gasteiger charge is -2.15. The molecular formula is C15H21N3O3S. The van der Waals surface area contributed by atoms with Gasteiger partial charge in [0.15, 0.2) is 0 Å². The van der Waals surface area contributed by atoms with Gasteiger partial charge in [0, 0.05) is 18.2 Å². The molecule has 1 heterocycles. The lowest BCUT2D eigenvalue weighted by molar-refractivity contribution is 0.414. The second kappa shape index (κ2) is 6.50. The zero-order valence-electron chi connectivity index (χ0n) is 13.2. The van der Waals surface area contributed by atoms with E-state index in [0.29, 0.717) is 17.7 Å². The van der Waals surface area contributed by atoms with Crippen LogP contribution in [0.1, 0.15) is 23.9 Å². The van der Waals surface area contributed by atoms with Crippen LogP contribution in [0.25, 0.3) is 0 Å². The maximum Gasteiger partial charge on any atom is 0.241 e. The van der Waals surface area contributed by atoms with Crippen LogP contribution in [-0.4, -0.2) is 31.8 Å². The Hall–Kier alpha value is -1.86. The van der Waals surface area contributed by atoms with Crippen LogP contribution >= 0.6 is 0 Å². The number of hydrogen-bond donors (Lipinski definition) is 2. The Morgan fingerprint density at radius 2 is 2.05 bits per heavy atom. The van der Waals surface area contributed by atoms with Gasteiger partial charge in [0.25, 0.3) is 0 Å². The van der Waals surface area contributed by atoms with Crippen molar-refractivity contribution >= 4 is 10.0 Å². The van der Waals surface area contributed by atoms with Crippen LogP contribution in [0, 0.1) is 13.8 Å². The summed E-state index contributed by atoms with van der Waals surface area (Å²) in [5.74, 6) is 0.636. The molecule has 120 valence electrons. The van der Waals surface area contributed by atoms with Crippen molar-refractivity contribution in [3.8, 4) is 5.75 Å². The molecule has 0 spiro atoms. The molecule has 7 heteroatoms. The van der Waals surface area contributed by atoms with Gasteiger partial charge in [-0.15, -0.1) is 0 Å². The SMILES string of the molecule is COc1ccc(S(=O)(=O)NC(C)Cc2cc(C)[nH]n2)c(C)c1. The summed E-state index contributed by atoms with van der Waals surface area (Å²) in [6.45, 7) is 5.48. The molecule has 1 aromatic carbocycles. The zero-order valence-corrected chi connectivity index (χ0v) is 14.0. The van der Waals surface area contributed by atoms with Gasteiger partial charge in [-0.3, -0.25) is 5.10 Å². The first-order valence-electron chi connectivity index (χ1n) is 6.99. The van der Waals surface area contributed by atoms with Crippen molar-refractivity contribution in [2.45, 2.75) is 38.1 Å². The van der Waals surface area contributed by atoms with Crippen LogP contribution in [-0.2, 0) is 16.4 Å². The molecule has 0 saturated carbocycles. The van der Waals surface area contributed by atoms with E-state index in [1.807, 2.05) is 19.9 Å². The van der Waals surface area contributed by atoms with E-state index in [9.17, 15) is 8.42 Å². The third kappa shape index (κ3) is 3.86. The van der Waals surface area contributed by atoms with Crippen molar-refractivity contribution in [2.75, 3.05) is 7.11 Å². The fraction of sp³-hybridized carbons (Fsp3) is 0.400. The molecule has 1 aromatic heterocycles. The number of nitrogens with zero attached hydrogens (tertiary/aromatic N) is 1. The minimum Gasteiger partial charge on any atom is -0.497 e. The monoisotopic (exact) mass is 323 g/mol. The average Bonchev–Trinajstić information content (AvgIpc) is 2.82. The standard InChI is InChI=1S/C15H21N3O3S/c1-10-7-14(21-4)5-6-15(10)22(19,20)18-12(3)9-13-8-11(2)16-17-13/h5-8,12,18H,9H2,1-4H3,(H,16,17). The highest BCUT2D eigenvalue weighted by molar-refractivity contribution is 7.89. The van der Waals surface area contributed by atoms with Gasteiger partial charge in [-0.1, -0.05) is 0 Å². The Balaban J connectivity index is 2.13. The summed E-state index contributed by atoms with van der Waals surface area (Å²) in [4.78, 5) is 0.262. The number of methoxy groups -OCH3 is 1. The molecule has 1 atom stereocenters. The van der Waals surface area contributed by atoms with Crippen molar-refractivity contribution in [2.24, 2.45) is 0 Å². The second-order valence-corrected chi connectivity index (χ2v) is 7.08. The second-order valence-electron chi connectivity index (χ2n) is 5.40. The fourth-order valence-electron chi connectivity index (χ4n) is 2.31. The highest BCUT2D eigenvalue weighted by atomic mass is 32.2. The predicted octanol–water partition coefficient (Wildman–Crippen LogP) is 1.94. The molecule has 0 aliphatic carbocycles. The summed E-state index contributed by atoms with van der Waals surface area (Å²) in [5.41, 5.74) is 2.44. The van der Waals surface area contributed by atoms with E-state index in [1.165, 1.54) is 0 Å². The van der Waals surface area contributed by atoms with Crippen LogP contribution in [0.15, 0.2) is 29.2 Å². The quantitative estimate of drug-likeness (QED) is 0.851. The van der Waals surface area contributed by atoms with E-state index < -0.39 is 10.0 Å². The molecule has 0 amide bonds. The Morgan fingerprint density at radius 1 is 1.32 bits per heavy atom. The topological polar surface area (TPSA) is 84.1 Å². The lowest BCUT2D eigenvalue weighted by atomic mass is 10.2. The van der Waals surface area contributed by atoms with Crippen LogP contribution in [0.4, 0.5) is 0 Å². The number of aromatic amines is 1. The summed E-state index contributed by atoms with van der Waals surface area (Å²) in [6.07, 6.45) is 0.527. The molecule has 2 N–H and O–H groups in total. The first kappa shape index (κ1) is 16.5. The van der Waals surface area contributed by atoms with Gasteiger partial charge >= 0.3 is 0 Å². The van der Waals surface area contributed by atoms with Gasteiger partial charge in [0.1, 0.15) is 5.75 Å². The maximum atomic E-state index is 12.5. The van der Waals surface area contributed by atoms with Crippen LogP contribution in [0.2, 0.25) is 0 Å². The number of nitrogens with one attached hydrogen (secondary N) is 2. The predicted molar refractivity (Wildman–Crippen MR) is 84.5 cm³/mol. The molecule has 0 bridgehead atoms. The molecule has 1 unspecified atom stereocenters. The Morgan fingerprint density at radius 3 is 2.59 bits per heavy atom. The third-order valence-electron chi connectivity index (χ3n) is 3.30. The summed E-state index contributed by atoms with van der Waals surface area (Å²) in [5, 5.41) is 6.97. The summed E-state index contributed by atoms with van der Waals surface area (Å²) in [7, 11) is -2.02. The number of H-pyrrole nitrogens is 1. The van der Waals surface area contributed by atoms with Crippen molar-refractivity contribution in [1.29, 1.82) is 0 Å². The molecule has 22 heavy (non-hydrogen) atoms. The molecule has 2 aromatic rings. The van der Waals surface area contributed by atoms with E-state index in [4.69, 9.17) is 4.74 Å². The number of aromatic nitrogens is 2. The summed E-state index contributed by atoms with van der Waals surface area (Å²) < 4.78 is 32.7. The molecule has 0 radical (unpaired) electrons. The fourth-order valence-corrected chi connectivity index (χ4v) is 3.78. The maximum absolute atomic E-state index is 12.5. The van der Waals surface area contributed by atoms with Crippen LogP contribution in [0.3, 0.4) is 0 Å². The normalized spacial score (nSPS) is 13.1. The van der Waals surface area contributed by atoms with Crippen LogP contribution in [0.5, 0.6) is 5.75 Å². The van der Waals surface area contributed by atoms with E-state index in [0.717, 1.165) is 11.4 Å². The largest absolute Gasteiger partial charge is 0.497 e. The smallest absolute Gasteiger partial charge is 0.241 e. The average molecular weight is 323 g/mol. The van der Waals surface area contributed by atoms with Crippen molar-refractivity contribution < 1.29 is 13.2 Å². The number of aryl methyl sites for hydroxylation is 2. The number of rotatable bonds is 6. The molecule has 0 fully saturated rings. The van der Waals surface area contributed by atoms with Gasteiger partial charge in [0.2, 0.25) is 10.0 Å². The highest BCUT2D eigenvalue weighted by Crippen LogP contribution is 2.21. The first-order valence-corrected chi connectivity index (χ1v) is 8.48. The minimum atomic E-state index is -3.57. The van der Waals surface area contributed by atoms with Gasteiger partial charge < -0.3 is 4.74 Å². The zero-order chi connectivity index (χ0) is 16.3. The Bertz CT molecular complexity index is 753. The van der Waals surface area contributed by atoms with E-state index in [2.05, 4.69) is 14.9 Å². The number of sulfonamides is 1. The van der Waals surface area contributed by atoms with E-state index in [-0.39, 0.29) is 10.9 Å². The summed E-state index contributed by atoms with van der Waals surface area (Å²) in [6, 6.07) is 6.56. The molecule has 6 nitrogen and oxygen atoms in total. The van der Waals surface area contributed by atoms with E-state index >= 15 is 0 Å². The van der Waals surface area contributed by atoms with Crippen molar-refractivity contribution in [3.63, 3.8) is 0 Å². The van der Waals surface area contributed by atoms with Crippen molar-refractivity contribution in [1.82, 2.24) is 14.9 Å². The van der Waals surface area contributed by atoms with Gasteiger partial charge in [-0.05, 0) is 50.6 Å². The molecule has 0 aliphatic heterocycles. The van der Waals surface area contributed by atoms with Crippen LogP contribution < -0.4 is 9.46 Å². The number of ether oxygens (including phenoxy) is 1. The Kier molecular flexibility index (Phi) is 4.87. The Labute approximate surface area is 130 Å². The number of benzene rings is 1. The lowest BCUT2D eigenvalue weighted by Crippen LogP contribution is -2.34. The van der Waals surface area contributed by atoms with Crippen molar-refractivity contribution in [3.05, 3.63) is 41.2 Å². The highest BCUT2D eigenvalue weighted by Gasteiger charge is 2.20. The first-order chi connectivity index (χ1) is 10.3. The molecule has 2 rings (SSSR count). The molecular weight excluding hydrogens is 302 g/mol. The third-order valence-corrected chi connectivity index (χ3v) is 5.05. The molecule has 0 saturated heterocycles. The van der Waals surface area contributed by atoms with E-state index in [1.54, 1.807) is 32.2 Å². The minimum absolute atomic E-state index is 0.255. The number of hydrogen-bond acceptors (Lipinski definition) is 4. The van der Waals surface area contributed by atoms with Gasteiger partial charge in [-0.25, -0.2) is 13.1 Å². The summed E-state index contributed by atoms with van der Waals surface area (Å²) >= 11 is 0. The van der Waals surface area contributed by atoms with Gasteiger partial charge in [-0.2, -0.15) is 5.10 Å². The molecule has 0 aliphatic rings.